The topological polar surface area (TPSA) is 40.7 Å². The molecule has 3 nitrogen and oxygen atoms in total. The van der Waals surface area contributed by atoms with Crippen molar-refractivity contribution >= 4 is 22.9 Å². The second kappa shape index (κ2) is 4.99. The molecule has 0 saturated heterocycles. The number of nitrogens with one attached hydrogen (secondary N) is 2. The van der Waals surface area contributed by atoms with Crippen LogP contribution in [0.5, 0.6) is 0 Å². The molecule has 0 aromatic carbocycles. The van der Waals surface area contributed by atoms with Crippen LogP contribution in [0.15, 0.2) is 12.1 Å². The van der Waals surface area contributed by atoms with Crippen LogP contribution in [0, 0.1) is 6.92 Å². The van der Waals surface area contributed by atoms with Crippen molar-refractivity contribution < 1.29 is 0 Å². The maximum absolute atomic E-state index is 5.92. The van der Waals surface area contributed by atoms with Crippen molar-refractivity contribution in [3.05, 3.63) is 27.7 Å². The van der Waals surface area contributed by atoms with Gasteiger partial charge in [0.05, 0.1) is 9.21 Å². The van der Waals surface area contributed by atoms with E-state index in [2.05, 4.69) is 22.4 Å². The molecular formula is C11H14ClN3S. The Morgan fingerprint density at radius 2 is 2.31 bits per heavy atom. The summed E-state index contributed by atoms with van der Waals surface area (Å²) in [6.07, 6.45) is 0.967. The molecule has 0 saturated carbocycles. The molecule has 5 heteroatoms. The highest BCUT2D eigenvalue weighted by Crippen LogP contribution is 2.32. The lowest BCUT2D eigenvalue weighted by molar-refractivity contribution is 0.769. The molecule has 0 bridgehead atoms. The summed E-state index contributed by atoms with van der Waals surface area (Å²) in [5.41, 5.74) is 3.42. The van der Waals surface area contributed by atoms with Crippen LogP contribution in [-0.2, 0) is 6.42 Å². The predicted octanol–water partition coefficient (Wildman–Crippen LogP) is 2.86. The van der Waals surface area contributed by atoms with Gasteiger partial charge in [0.2, 0.25) is 0 Å². The van der Waals surface area contributed by atoms with Crippen molar-refractivity contribution in [1.82, 2.24) is 15.5 Å². The van der Waals surface area contributed by atoms with Crippen molar-refractivity contribution in [2.24, 2.45) is 0 Å². The molecule has 0 atom stereocenters. The van der Waals surface area contributed by atoms with Gasteiger partial charge >= 0.3 is 0 Å². The summed E-state index contributed by atoms with van der Waals surface area (Å²) >= 11 is 7.48. The monoisotopic (exact) mass is 255 g/mol. The highest BCUT2D eigenvalue weighted by molar-refractivity contribution is 7.19. The molecule has 0 fully saturated rings. The fraction of sp³-hybridized carbons (Fsp3) is 0.364. The molecule has 16 heavy (non-hydrogen) atoms. The standard InChI is InChI=1S/C11H14ClN3S/c1-7-8(5-6-13-2)14-15-11(7)9-3-4-10(12)16-9/h3-4,13H,5-6H2,1-2H3,(H,14,15). The summed E-state index contributed by atoms with van der Waals surface area (Å²) in [4.78, 5) is 1.12. The van der Waals surface area contributed by atoms with Crippen molar-refractivity contribution in [1.29, 1.82) is 0 Å². The van der Waals surface area contributed by atoms with Crippen molar-refractivity contribution in [2.75, 3.05) is 13.6 Å². The lowest BCUT2D eigenvalue weighted by Crippen LogP contribution is -2.11. The summed E-state index contributed by atoms with van der Waals surface area (Å²) in [6, 6.07) is 3.92. The second-order valence-corrected chi connectivity index (χ2v) is 5.35. The average molecular weight is 256 g/mol. The van der Waals surface area contributed by atoms with Gasteiger partial charge in [-0.25, -0.2) is 0 Å². The van der Waals surface area contributed by atoms with E-state index in [-0.39, 0.29) is 0 Å². The van der Waals surface area contributed by atoms with E-state index in [1.807, 2.05) is 19.2 Å². The van der Waals surface area contributed by atoms with Gasteiger partial charge in [0, 0.05) is 18.7 Å². The molecule has 0 aliphatic heterocycles. The zero-order valence-electron chi connectivity index (χ0n) is 9.30. The normalized spacial score (nSPS) is 10.9. The zero-order valence-corrected chi connectivity index (χ0v) is 10.9. The highest BCUT2D eigenvalue weighted by atomic mass is 35.5. The third-order valence-corrected chi connectivity index (χ3v) is 3.78. The summed E-state index contributed by atoms with van der Waals surface area (Å²) in [5.74, 6) is 0. The third-order valence-electron chi connectivity index (χ3n) is 2.54. The van der Waals surface area contributed by atoms with E-state index < -0.39 is 0 Å². The zero-order chi connectivity index (χ0) is 11.5. The number of H-pyrrole nitrogens is 1. The quantitative estimate of drug-likeness (QED) is 0.882. The molecule has 0 spiro atoms. The molecular weight excluding hydrogens is 242 g/mol. The van der Waals surface area contributed by atoms with Gasteiger partial charge in [0.25, 0.3) is 0 Å². The molecule has 2 N–H and O–H groups in total. The number of halogens is 1. The van der Waals surface area contributed by atoms with Crippen molar-refractivity contribution in [2.45, 2.75) is 13.3 Å². The first kappa shape index (κ1) is 11.6. The van der Waals surface area contributed by atoms with Gasteiger partial charge in [0.1, 0.15) is 5.69 Å². The lowest BCUT2D eigenvalue weighted by atomic mass is 10.1. The summed E-state index contributed by atoms with van der Waals surface area (Å²) in [6.45, 7) is 3.05. The molecule has 86 valence electrons. The van der Waals surface area contributed by atoms with Crippen LogP contribution in [0.2, 0.25) is 4.34 Å². The number of hydrogen-bond acceptors (Lipinski definition) is 3. The van der Waals surface area contributed by atoms with Gasteiger partial charge in [-0.1, -0.05) is 11.6 Å². The Hall–Kier alpha value is -0.840. The van der Waals surface area contributed by atoms with Gasteiger partial charge in [-0.05, 0) is 31.7 Å². The van der Waals surface area contributed by atoms with Crippen LogP contribution in [-0.4, -0.2) is 23.8 Å². The van der Waals surface area contributed by atoms with Crippen molar-refractivity contribution in [3.8, 4) is 10.6 Å². The number of aromatic nitrogens is 2. The third kappa shape index (κ3) is 2.29. The molecule has 0 radical (unpaired) electrons. The summed E-state index contributed by atoms with van der Waals surface area (Å²) in [5, 5.41) is 10.6. The smallest absolute Gasteiger partial charge is 0.105 e. The fourth-order valence-corrected chi connectivity index (χ4v) is 2.70. The van der Waals surface area contributed by atoms with E-state index in [1.54, 1.807) is 11.3 Å². The van der Waals surface area contributed by atoms with Crippen LogP contribution in [0.1, 0.15) is 11.3 Å². The number of nitrogens with zero attached hydrogens (tertiary/aromatic N) is 1. The molecule has 0 unspecified atom stereocenters. The predicted molar refractivity (Wildman–Crippen MR) is 69.3 cm³/mol. The minimum Gasteiger partial charge on any atom is -0.319 e. The van der Waals surface area contributed by atoms with Gasteiger partial charge in [-0.15, -0.1) is 11.3 Å². The molecule has 0 aliphatic carbocycles. The number of rotatable bonds is 4. The number of thiophene rings is 1. The first-order valence-electron chi connectivity index (χ1n) is 5.16. The molecule has 2 rings (SSSR count). The van der Waals surface area contributed by atoms with E-state index in [0.717, 1.165) is 27.9 Å². The molecule has 0 aliphatic rings. The average Bonchev–Trinajstić information content (AvgIpc) is 2.83. The Bertz CT molecular complexity index is 475. The van der Waals surface area contributed by atoms with Crippen LogP contribution >= 0.6 is 22.9 Å². The largest absolute Gasteiger partial charge is 0.319 e. The van der Waals surface area contributed by atoms with Gasteiger partial charge in [-0.3, -0.25) is 5.10 Å². The second-order valence-electron chi connectivity index (χ2n) is 3.63. The SMILES string of the molecule is CNCCc1[nH]nc(-c2ccc(Cl)s2)c1C. The van der Waals surface area contributed by atoms with Crippen molar-refractivity contribution in [3.63, 3.8) is 0 Å². The summed E-state index contributed by atoms with van der Waals surface area (Å²) in [7, 11) is 1.95. The van der Waals surface area contributed by atoms with E-state index in [0.29, 0.717) is 0 Å². The Morgan fingerprint density at radius 1 is 1.50 bits per heavy atom. The molecule has 0 amide bonds. The van der Waals surface area contributed by atoms with E-state index >= 15 is 0 Å². The summed E-state index contributed by atoms with van der Waals surface area (Å²) < 4.78 is 0.800. The Labute approximate surface area is 104 Å². The maximum atomic E-state index is 5.92. The number of hydrogen-bond donors (Lipinski definition) is 2. The van der Waals surface area contributed by atoms with Gasteiger partial charge < -0.3 is 5.32 Å². The van der Waals surface area contributed by atoms with E-state index in [1.165, 1.54) is 11.3 Å². The fourth-order valence-electron chi connectivity index (χ4n) is 1.61. The van der Waals surface area contributed by atoms with Crippen LogP contribution < -0.4 is 5.32 Å². The van der Waals surface area contributed by atoms with Crippen LogP contribution in [0.25, 0.3) is 10.6 Å². The number of likely N-dealkylation sites (N-methyl/N-ethyl adjacent to an activating group) is 1. The van der Waals surface area contributed by atoms with Crippen LogP contribution in [0.4, 0.5) is 0 Å². The first-order valence-corrected chi connectivity index (χ1v) is 6.36. The number of aromatic amines is 1. The molecule has 2 aromatic heterocycles. The van der Waals surface area contributed by atoms with Gasteiger partial charge in [0.15, 0.2) is 0 Å². The lowest BCUT2D eigenvalue weighted by Gasteiger charge is -1.98. The minimum atomic E-state index is 0.800. The molecule has 2 heterocycles. The van der Waals surface area contributed by atoms with E-state index in [4.69, 9.17) is 11.6 Å². The maximum Gasteiger partial charge on any atom is 0.105 e. The van der Waals surface area contributed by atoms with Crippen LogP contribution in [0.3, 0.4) is 0 Å². The van der Waals surface area contributed by atoms with E-state index in [9.17, 15) is 0 Å². The Balaban J connectivity index is 2.26. The van der Waals surface area contributed by atoms with Gasteiger partial charge in [-0.2, -0.15) is 5.10 Å². The Morgan fingerprint density at radius 3 is 2.94 bits per heavy atom. The Kier molecular flexibility index (Phi) is 3.63. The first-order chi connectivity index (χ1) is 7.72. The highest BCUT2D eigenvalue weighted by Gasteiger charge is 2.12. The minimum absolute atomic E-state index is 0.800. The molecule has 2 aromatic rings.